The van der Waals surface area contributed by atoms with Crippen LogP contribution in [0.4, 0.5) is 5.82 Å². The Bertz CT molecular complexity index is 870. The molecule has 142 valence electrons. The lowest BCUT2D eigenvalue weighted by Gasteiger charge is -2.20. The molecule has 0 N–H and O–H groups in total. The molecule has 1 amide bonds. The summed E-state index contributed by atoms with van der Waals surface area (Å²) in [4.78, 5) is 13.5. The Morgan fingerprint density at radius 3 is 2.31 bits per heavy atom. The van der Waals surface area contributed by atoms with Gasteiger partial charge in [-0.05, 0) is 31.0 Å². The van der Waals surface area contributed by atoms with E-state index in [1.807, 2.05) is 18.5 Å². The molecular weight excluding hydrogens is 352 g/mol. The number of aromatic nitrogens is 2. The molecule has 0 fully saturated rings. The predicted octanol–water partition coefficient (Wildman–Crippen LogP) is 2.27. The van der Waals surface area contributed by atoms with Crippen LogP contribution in [0.1, 0.15) is 35.0 Å². The summed E-state index contributed by atoms with van der Waals surface area (Å²) in [5.41, 5.74) is 2.27. The number of rotatable bonds is 7. The van der Waals surface area contributed by atoms with Gasteiger partial charge in [0, 0.05) is 38.0 Å². The van der Waals surface area contributed by atoms with E-state index >= 15 is 0 Å². The number of hydrogen-bond donors (Lipinski definition) is 0. The van der Waals surface area contributed by atoms with Crippen LogP contribution in [0.2, 0.25) is 0 Å². The first kappa shape index (κ1) is 20.0. The molecule has 26 heavy (non-hydrogen) atoms. The van der Waals surface area contributed by atoms with Crippen LogP contribution in [-0.4, -0.2) is 49.4 Å². The van der Waals surface area contributed by atoms with Crippen molar-refractivity contribution in [3.05, 3.63) is 47.2 Å². The quantitative estimate of drug-likeness (QED) is 0.741. The van der Waals surface area contributed by atoms with Crippen molar-refractivity contribution in [3.8, 4) is 0 Å². The highest BCUT2D eigenvalue weighted by atomic mass is 32.2. The number of benzene rings is 1. The molecule has 0 bridgehead atoms. The van der Waals surface area contributed by atoms with Crippen LogP contribution in [0.5, 0.6) is 0 Å². The van der Waals surface area contributed by atoms with Gasteiger partial charge >= 0.3 is 0 Å². The predicted molar refractivity (Wildman–Crippen MR) is 103 cm³/mol. The number of nitrogens with zero attached hydrogens (tertiary/aromatic N) is 4. The summed E-state index contributed by atoms with van der Waals surface area (Å²) in [6.07, 6.45) is 2.09. The fraction of sp³-hybridized carbons (Fsp3) is 0.444. The molecule has 8 heteroatoms. The third-order valence-corrected chi connectivity index (χ3v) is 5.11. The van der Waals surface area contributed by atoms with E-state index in [4.69, 9.17) is 0 Å². The van der Waals surface area contributed by atoms with E-state index in [-0.39, 0.29) is 12.5 Å². The zero-order valence-corrected chi connectivity index (χ0v) is 16.7. The van der Waals surface area contributed by atoms with E-state index in [0.717, 1.165) is 24.2 Å². The van der Waals surface area contributed by atoms with Crippen LogP contribution in [0.3, 0.4) is 0 Å². The van der Waals surface area contributed by atoms with E-state index in [2.05, 4.69) is 5.10 Å². The number of hydrogen-bond acceptors (Lipinski definition) is 4. The zero-order chi connectivity index (χ0) is 19.5. The minimum absolute atomic E-state index is 0.0922. The SMILES string of the molecule is CCCn1nc(N(Cc2ccc(C(=O)N(C)C)cc2)S(C)(=O)=O)cc1C. The minimum Gasteiger partial charge on any atom is -0.345 e. The van der Waals surface area contributed by atoms with Crippen molar-refractivity contribution in [1.82, 2.24) is 14.7 Å². The molecular formula is C18H26N4O3S. The summed E-state index contributed by atoms with van der Waals surface area (Å²) in [6.45, 7) is 4.86. The molecule has 0 radical (unpaired) electrons. The molecule has 0 saturated heterocycles. The van der Waals surface area contributed by atoms with Crippen LogP contribution in [-0.2, 0) is 23.1 Å². The number of carbonyl (C=O) groups is 1. The Morgan fingerprint density at radius 2 is 1.81 bits per heavy atom. The second-order valence-electron chi connectivity index (χ2n) is 6.53. The smallest absolute Gasteiger partial charge is 0.253 e. The van der Waals surface area contributed by atoms with Gasteiger partial charge in [-0.2, -0.15) is 5.10 Å². The third-order valence-electron chi connectivity index (χ3n) is 3.99. The second kappa shape index (κ2) is 7.90. The summed E-state index contributed by atoms with van der Waals surface area (Å²) in [7, 11) is -0.110. The van der Waals surface area contributed by atoms with E-state index in [9.17, 15) is 13.2 Å². The average Bonchev–Trinajstić information content (AvgIpc) is 2.92. The van der Waals surface area contributed by atoms with Gasteiger partial charge in [-0.25, -0.2) is 12.7 Å². The first-order valence-corrected chi connectivity index (χ1v) is 10.3. The van der Waals surface area contributed by atoms with Crippen molar-refractivity contribution >= 4 is 21.7 Å². The molecule has 1 aromatic heterocycles. The van der Waals surface area contributed by atoms with Crippen molar-refractivity contribution < 1.29 is 13.2 Å². The molecule has 1 heterocycles. The second-order valence-corrected chi connectivity index (χ2v) is 8.44. The third kappa shape index (κ3) is 4.63. The number of carbonyl (C=O) groups excluding carboxylic acids is 1. The first-order chi connectivity index (χ1) is 12.1. The van der Waals surface area contributed by atoms with Gasteiger partial charge in [0.2, 0.25) is 10.0 Å². The van der Waals surface area contributed by atoms with Gasteiger partial charge < -0.3 is 4.90 Å². The molecule has 1 aromatic carbocycles. The van der Waals surface area contributed by atoms with Crippen molar-refractivity contribution in [2.24, 2.45) is 0 Å². The Hall–Kier alpha value is -2.35. The molecule has 0 aliphatic heterocycles. The number of amides is 1. The summed E-state index contributed by atoms with van der Waals surface area (Å²) in [5, 5.41) is 4.43. The van der Waals surface area contributed by atoms with Gasteiger partial charge in [-0.15, -0.1) is 0 Å². The summed E-state index contributed by atoms with van der Waals surface area (Å²) in [6, 6.07) is 8.73. The molecule has 0 aliphatic carbocycles. The number of aryl methyl sites for hydroxylation is 2. The largest absolute Gasteiger partial charge is 0.345 e. The molecule has 0 aliphatic rings. The molecule has 2 aromatic rings. The van der Waals surface area contributed by atoms with Crippen LogP contribution >= 0.6 is 0 Å². The Labute approximate surface area is 155 Å². The van der Waals surface area contributed by atoms with Gasteiger partial charge in [0.1, 0.15) is 0 Å². The maximum absolute atomic E-state index is 12.3. The summed E-state index contributed by atoms with van der Waals surface area (Å²) < 4.78 is 27.7. The van der Waals surface area contributed by atoms with Gasteiger partial charge in [0.15, 0.2) is 5.82 Å². The summed E-state index contributed by atoms with van der Waals surface area (Å²) in [5.74, 6) is 0.317. The van der Waals surface area contributed by atoms with Gasteiger partial charge in [-0.1, -0.05) is 19.1 Å². The van der Waals surface area contributed by atoms with E-state index in [0.29, 0.717) is 11.4 Å². The highest BCUT2D eigenvalue weighted by Crippen LogP contribution is 2.21. The maximum atomic E-state index is 12.3. The molecule has 0 saturated carbocycles. The molecule has 0 spiro atoms. The standard InChI is InChI=1S/C18H26N4O3S/c1-6-11-21-14(2)12-17(19-21)22(26(5,24)25)13-15-7-9-16(10-8-15)18(23)20(3)4/h7-10,12H,6,11,13H2,1-5H3. The van der Waals surface area contributed by atoms with Gasteiger partial charge in [-0.3, -0.25) is 9.48 Å². The van der Waals surface area contributed by atoms with Crippen molar-refractivity contribution in [1.29, 1.82) is 0 Å². The van der Waals surface area contributed by atoms with Gasteiger partial charge in [0.05, 0.1) is 12.8 Å². The first-order valence-electron chi connectivity index (χ1n) is 8.46. The minimum atomic E-state index is -3.49. The number of anilines is 1. The maximum Gasteiger partial charge on any atom is 0.253 e. The normalized spacial score (nSPS) is 11.4. The van der Waals surface area contributed by atoms with E-state index < -0.39 is 10.0 Å². The zero-order valence-electron chi connectivity index (χ0n) is 15.9. The lowest BCUT2D eigenvalue weighted by atomic mass is 10.1. The van der Waals surface area contributed by atoms with Crippen molar-refractivity contribution in [2.75, 3.05) is 24.7 Å². The molecule has 0 unspecified atom stereocenters. The van der Waals surface area contributed by atoms with Crippen LogP contribution < -0.4 is 4.31 Å². The number of sulfonamides is 1. The topological polar surface area (TPSA) is 75.5 Å². The Kier molecular flexibility index (Phi) is 6.07. The summed E-state index contributed by atoms with van der Waals surface area (Å²) >= 11 is 0. The highest BCUT2D eigenvalue weighted by molar-refractivity contribution is 7.92. The fourth-order valence-electron chi connectivity index (χ4n) is 2.60. The Balaban J connectivity index is 2.29. The van der Waals surface area contributed by atoms with E-state index in [1.54, 1.807) is 44.4 Å². The molecule has 2 rings (SSSR count). The van der Waals surface area contributed by atoms with Crippen LogP contribution in [0.15, 0.2) is 30.3 Å². The van der Waals surface area contributed by atoms with Crippen LogP contribution in [0.25, 0.3) is 0 Å². The Morgan fingerprint density at radius 1 is 1.19 bits per heavy atom. The monoisotopic (exact) mass is 378 g/mol. The van der Waals surface area contributed by atoms with Crippen molar-refractivity contribution in [2.45, 2.75) is 33.4 Å². The average molecular weight is 378 g/mol. The lowest BCUT2D eigenvalue weighted by molar-refractivity contribution is 0.0827. The highest BCUT2D eigenvalue weighted by Gasteiger charge is 2.21. The van der Waals surface area contributed by atoms with Gasteiger partial charge in [0.25, 0.3) is 5.91 Å². The molecule has 0 atom stereocenters. The van der Waals surface area contributed by atoms with E-state index in [1.165, 1.54) is 15.5 Å². The lowest BCUT2D eigenvalue weighted by Crippen LogP contribution is -2.30. The molecule has 7 nitrogen and oxygen atoms in total. The fourth-order valence-corrected chi connectivity index (χ4v) is 3.41. The van der Waals surface area contributed by atoms with Crippen molar-refractivity contribution in [3.63, 3.8) is 0 Å². The van der Waals surface area contributed by atoms with Crippen LogP contribution in [0, 0.1) is 6.92 Å².